The van der Waals surface area contributed by atoms with Crippen LogP contribution in [0.1, 0.15) is 25.7 Å². The number of rotatable bonds is 1. The summed E-state index contributed by atoms with van der Waals surface area (Å²) >= 11 is 0. The van der Waals surface area contributed by atoms with E-state index in [1.807, 2.05) is 0 Å². The van der Waals surface area contributed by atoms with Crippen LogP contribution in [0, 0.1) is 5.92 Å². The fourth-order valence-electron chi connectivity index (χ4n) is 2.06. The van der Waals surface area contributed by atoms with E-state index in [2.05, 4.69) is 0 Å². The molecule has 0 aromatic heterocycles. The molecule has 0 aromatic rings. The highest BCUT2D eigenvalue weighted by molar-refractivity contribution is 5.92. The van der Waals surface area contributed by atoms with Gasteiger partial charge in [0, 0.05) is 17.7 Å². The molecular weight excluding hydrogens is 208 g/mol. The van der Waals surface area contributed by atoms with E-state index in [-0.39, 0.29) is 6.61 Å². The summed E-state index contributed by atoms with van der Waals surface area (Å²) in [6.45, 7) is 0.223. The molecule has 0 amide bonds. The molecule has 0 spiro atoms. The Morgan fingerprint density at radius 2 is 1.75 bits per heavy atom. The summed E-state index contributed by atoms with van der Waals surface area (Å²) in [5, 5.41) is 0. The number of carbonyl (C=O) groups excluding carboxylic acids is 2. The Bertz CT molecular complexity index is 348. The van der Waals surface area contributed by atoms with E-state index in [4.69, 9.17) is 9.47 Å². The molecule has 0 aromatic carbocycles. The third-order valence-electron chi connectivity index (χ3n) is 2.94. The lowest BCUT2D eigenvalue weighted by Crippen LogP contribution is -2.10. The van der Waals surface area contributed by atoms with Crippen molar-refractivity contribution in [3.63, 3.8) is 0 Å². The summed E-state index contributed by atoms with van der Waals surface area (Å²) in [7, 11) is 0. The molecule has 1 aliphatic carbocycles. The second-order valence-electron chi connectivity index (χ2n) is 4.05. The molecule has 0 unspecified atom stereocenters. The summed E-state index contributed by atoms with van der Waals surface area (Å²) in [4.78, 5) is 22.3. The van der Waals surface area contributed by atoms with Crippen molar-refractivity contribution in [2.75, 3.05) is 6.61 Å². The van der Waals surface area contributed by atoms with E-state index < -0.39 is 11.9 Å². The summed E-state index contributed by atoms with van der Waals surface area (Å²) in [5.41, 5.74) is 0.905. The fourth-order valence-corrected chi connectivity index (χ4v) is 2.06. The minimum atomic E-state index is -0.533. The van der Waals surface area contributed by atoms with Gasteiger partial charge in [-0.15, -0.1) is 0 Å². The molecule has 4 heteroatoms. The Kier molecular flexibility index (Phi) is 3.39. The Balaban J connectivity index is 2.09. The predicted octanol–water partition coefficient (Wildman–Crippen LogP) is 1.72. The Morgan fingerprint density at radius 1 is 1.06 bits per heavy atom. The molecule has 4 nitrogen and oxygen atoms in total. The van der Waals surface area contributed by atoms with Gasteiger partial charge in [0.05, 0.1) is 6.26 Å². The van der Waals surface area contributed by atoms with Crippen LogP contribution in [0.15, 0.2) is 24.0 Å². The number of esters is 2. The average Bonchev–Trinajstić information content (AvgIpc) is 2.79. The van der Waals surface area contributed by atoms with Gasteiger partial charge < -0.3 is 9.47 Å². The van der Waals surface area contributed by atoms with Gasteiger partial charge in [-0.05, 0) is 18.8 Å². The van der Waals surface area contributed by atoms with Gasteiger partial charge in [0.2, 0.25) is 0 Å². The number of ether oxygens (including phenoxy) is 2. The standard InChI is InChI=1S/C12H14O4/c13-11-5-6-12(14)16-8-10(7-15-11)9-3-1-2-4-9/h5-7,9H,1-4,8H2/b6-5-,10-7+. The normalized spacial score (nSPS) is 28.1. The molecule has 2 aliphatic rings. The van der Waals surface area contributed by atoms with E-state index in [9.17, 15) is 9.59 Å². The molecule has 0 radical (unpaired) electrons. The first-order chi connectivity index (χ1) is 7.75. The maximum absolute atomic E-state index is 11.2. The van der Waals surface area contributed by atoms with E-state index in [1.165, 1.54) is 19.1 Å². The van der Waals surface area contributed by atoms with Gasteiger partial charge in [0.25, 0.3) is 0 Å². The van der Waals surface area contributed by atoms with Crippen LogP contribution in [0.2, 0.25) is 0 Å². The summed E-state index contributed by atoms with van der Waals surface area (Å²) < 4.78 is 9.93. The Labute approximate surface area is 93.9 Å². The van der Waals surface area contributed by atoms with E-state index >= 15 is 0 Å². The van der Waals surface area contributed by atoms with Crippen LogP contribution in [0.25, 0.3) is 0 Å². The quantitative estimate of drug-likeness (QED) is 0.634. The van der Waals surface area contributed by atoms with Crippen LogP contribution >= 0.6 is 0 Å². The molecular formula is C12H14O4. The van der Waals surface area contributed by atoms with Crippen LogP contribution in [0.4, 0.5) is 0 Å². The first-order valence-corrected chi connectivity index (χ1v) is 5.50. The van der Waals surface area contributed by atoms with Gasteiger partial charge in [-0.25, -0.2) is 9.59 Å². The number of hydrogen-bond acceptors (Lipinski definition) is 4. The van der Waals surface area contributed by atoms with Crippen molar-refractivity contribution in [1.82, 2.24) is 0 Å². The molecule has 16 heavy (non-hydrogen) atoms. The highest BCUT2D eigenvalue weighted by Gasteiger charge is 2.21. The number of carbonyl (C=O) groups is 2. The smallest absolute Gasteiger partial charge is 0.335 e. The maximum Gasteiger partial charge on any atom is 0.335 e. The molecule has 1 heterocycles. The lowest BCUT2D eigenvalue weighted by molar-refractivity contribution is -0.137. The van der Waals surface area contributed by atoms with Crippen molar-refractivity contribution in [3.05, 3.63) is 24.0 Å². The summed E-state index contributed by atoms with van der Waals surface area (Å²) in [6.07, 6.45) is 8.14. The van der Waals surface area contributed by atoms with Gasteiger partial charge in [-0.2, -0.15) is 0 Å². The van der Waals surface area contributed by atoms with E-state index in [0.29, 0.717) is 5.92 Å². The van der Waals surface area contributed by atoms with Gasteiger partial charge >= 0.3 is 11.9 Å². The van der Waals surface area contributed by atoms with Crippen LogP contribution in [-0.4, -0.2) is 18.5 Å². The zero-order valence-corrected chi connectivity index (χ0v) is 8.98. The highest BCUT2D eigenvalue weighted by Crippen LogP contribution is 2.31. The topological polar surface area (TPSA) is 52.6 Å². The third kappa shape index (κ3) is 2.72. The van der Waals surface area contributed by atoms with E-state index in [1.54, 1.807) is 0 Å². The van der Waals surface area contributed by atoms with Crippen LogP contribution in [-0.2, 0) is 19.1 Å². The largest absolute Gasteiger partial charge is 0.458 e. The second-order valence-corrected chi connectivity index (χ2v) is 4.05. The number of hydrogen-bond donors (Lipinski definition) is 0. The Morgan fingerprint density at radius 3 is 2.50 bits per heavy atom. The van der Waals surface area contributed by atoms with Crippen molar-refractivity contribution in [1.29, 1.82) is 0 Å². The second kappa shape index (κ2) is 4.96. The first kappa shape index (κ1) is 10.9. The van der Waals surface area contributed by atoms with Gasteiger partial charge in [-0.3, -0.25) is 0 Å². The molecule has 0 N–H and O–H groups in total. The lowest BCUT2D eigenvalue weighted by atomic mass is 9.99. The van der Waals surface area contributed by atoms with E-state index in [0.717, 1.165) is 30.6 Å². The van der Waals surface area contributed by atoms with Gasteiger partial charge in [-0.1, -0.05) is 12.8 Å². The zero-order chi connectivity index (χ0) is 11.4. The van der Waals surface area contributed by atoms with Crippen molar-refractivity contribution >= 4 is 11.9 Å². The molecule has 0 atom stereocenters. The van der Waals surface area contributed by atoms with Crippen LogP contribution < -0.4 is 0 Å². The third-order valence-corrected chi connectivity index (χ3v) is 2.94. The molecule has 1 saturated carbocycles. The monoisotopic (exact) mass is 222 g/mol. The van der Waals surface area contributed by atoms with Crippen molar-refractivity contribution < 1.29 is 19.1 Å². The van der Waals surface area contributed by atoms with Gasteiger partial charge in [0.1, 0.15) is 6.61 Å². The summed E-state index contributed by atoms with van der Waals surface area (Å²) in [6, 6.07) is 0. The van der Waals surface area contributed by atoms with Crippen LogP contribution in [0.5, 0.6) is 0 Å². The minimum absolute atomic E-state index is 0.223. The van der Waals surface area contributed by atoms with Crippen LogP contribution in [0.3, 0.4) is 0 Å². The Hall–Kier alpha value is -1.58. The molecule has 0 saturated heterocycles. The average molecular weight is 222 g/mol. The van der Waals surface area contributed by atoms with Gasteiger partial charge in [0.15, 0.2) is 0 Å². The predicted molar refractivity (Wildman–Crippen MR) is 56.2 cm³/mol. The molecule has 0 bridgehead atoms. The van der Waals surface area contributed by atoms with Crippen molar-refractivity contribution in [2.45, 2.75) is 25.7 Å². The number of cyclic esters (lactones) is 2. The molecule has 2 rings (SSSR count). The molecule has 1 aliphatic heterocycles. The lowest BCUT2D eigenvalue weighted by Gasteiger charge is -2.13. The summed E-state index contributed by atoms with van der Waals surface area (Å²) in [5.74, 6) is -0.643. The molecule has 86 valence electrons. The molecule has 1 fully saturated rings. The van der Waals surface area contributed by atoms with Crippen molar-refractivity contribution in [2.24, 2.45) is 5.92 Å². The highest BCUT2D eigenvalue weighted by atomic mass is 16.5. The maximum atomic E-state index is 11.2. The zero-order valence-electron chi connectivity index (χ0n) is 8.98. The minimum Gasteiger partial charge on any atom is -0.458 e. The SMILES string of the molecule is O=C1/C=C\C(=O)OC/C(C2CCCC2)=C\O1. The fraction of sp³-hybridized carbons (Fsp3) is 0.500. The van der Waals surface area contributed by atoms with Crippen molar-refractivity contribution in [3.8, 4) is 0 Å². The first-order valence-electron chi connectivity index (χ1n) is 5.50.